The SMILES string of the molecule is c1ccc2c(c1)Cc1c-2ccc2c1-c1cc3c(cc1C2)N1c2cccnc2Cc2cccc(c21)C3.c1ccc2c(c1)Cc1c-2ccc2c1-c1cc3c(cc1C2)N1c2ccncc2Cc2cccc(c21)C3.c1ccc2c(c1)Cc1cc3c(cc1-2)Cc1cc2c(cc1-3)Cc1cccc3c1N2c1ncccc1C3. The topological polar surface area (TPSA) is 48.4 Å². The molecule has 0 radical (unpaired) electrons. The Hall–Kier alpha value is -12.5. The molecule has 6 aliphatic carbocycles. The van der Waals surface area contributed by atoms with Crippen LogP contribution in [0.2, 0.25) is 0 Å². The number of anilines is 9. The number of rotatable bonds is 0. The van der Waals surface area contributed by atoms with Gasteiger partial charge < -0.3 is 9.80 Å². The van der Waals surface area contributed by atoms with Crippen LogP contribution in [0.5, 0.6) is 0 Å². The highest BCUT2D eigenvalue weighted by Crippen LogP contribution is 2.59. The molecule has 0 amide bonds. The molecule has 6 aliphatic heterocycles. The predicted molar refractivity (Wildman–Crippen MR) is 423 cm³/mol. The molecule has 492 valence electrons. The fraction of sp³-hybridized carbons (Fsp3) is 0.121. The van der Waals surface area contributed by atoms with E-state index in [2.05, 4.69) is 250 Å². The lowest BCUT2D eigenvalue weighted by atomic mass is 9.85. The molecule has 105 heavy (non-hydrogen) atoms. The monoisotopic (exact) mass is 1340 g/mol. The van der Waals surface area contributed by atoms with Crippen molar-refractivity contribution < 1.29 is 0 Å². The van der Waals surface area contributed by atoms with Crippen molar-refractivity contribution in [3.63, 3.8) is 0 Å². The fourth-order valence-electron chi connectivity index (χ4n) is 21.2. The van der Waals surface area contributed by atoms with Crippen LogP contribution in [0.15, 0.2) is 255 Å². The summed E-state index contributed by atoms with van der Waals surface area (Å²) in [5.74, 6) is 1.10. The van der Waals surface area contributed by atoms with Gasteiger partial charge in [-0.3, -0.25) is 14.9 Å². The highest BCUT2D eigenvalue weighted by atomic mass is 15.2. The minimum absolute atomic E-state index is 0.911. The lowest BCUT2D eigenvalue weighted by Crippen LogP contribution is -2.25. The van der Waals surface area contributed by atoms with E-state index in [9.17, 15) is 0 Å². The molecule has 0 bridgehead atoms. The Labute approximate surface area is 609 Å². The number of aromatic nitrogens is 3. The summed E-state index contributed by atoms with van der Waals surface area (Å²) < 4.78 is 0. The maximum absolute atomic E-state index is 4.87. The first-order valence-electron chi connectivity index (χ1n) is 37.7. The fourth-order valence-corrected chi connectivity index (χ4v) is 21.2. The molecule has 0 atom stereocenters. The summed E-state index contributed by atoms with van der Waals surface area (Å²) in [6.07, 6.45) is 19.8. The first-order valence-corrected chi connectivity index (χ1v) is 37.7. The summed E-state index contributed by atoms with van der Waals surface area (Å²) in [5.41, 5.74) is 62.2. The number of para-hydroxylation sites is 3. The van der Waals surface area contributed by atoms with E-state index in [0.717, 1.165) is 82.9 Å². The van der Waals surface area contributed by atoms with Gasteiger partial charge in [0.2, 0.25) is 0 Å². The van der Waals surface area contributed by atoms with Crippen molar-refractivity contribution in [1.29, 1.82) is 0 Å². The second-order valence-electron chi connectivity index (χ2n) is 31.2. The molecule has 0 saturated carbocycles. The number of hydrogen-bond donors (Lipinski definition) is 0. The van der Waals surface area contributed by atoms with E-state index < -0.39 is 0 Å². The average molecular weight is 1340 g/mol. The van der Waals surface area contributed by atoms with Gasteiger partial charge >= 0.3 is 0 Å². The molecule has 12 aromatic carbocycles. The summed E-state index contributed by atoms with van der Waals surface area (Å²) in [5, 5.41) is 0. The quantitative estimate of drug-likeness (QED) is 0.151. The first-order chi connectivity index (χ1) is 52.0. The Bertz CT molecular complexity index is 6260. The van der Waals surface area contributed by atoms with E-state index in [1.165, 1.54) is 246 Å². The molecule has 6 nitrogen and oxygen atoms in total. The van der Waals surface area contributed by atoms with E-state index in [0.29, 0.717) is 0 Å². The van der Waals surface area contributed by atoms with Crippen molar-refractivity contribution in [2.75, 3.05) is 14.7 Å². The third-order valence-corrected chi connectivity index (χ3v) is 25.6. The van der Waals surface area contributed by atoms with Crippen molar-refractivity contribution >= 4 is 51.3 Å². The number of pyridine rings is 3. The molecule has 3 aromatic heterocycles. The molecule has 0 unspecified atom stereocenters. The normalized spacial score (nSPS) is 14.9. The molecule has 0 saturated heterocycles. The zero-order valence-electron chi connectivity index (χ0n) is 57.9. The van der Waals surface area contributed by atoms with E-state index in [1.54, 1.807) is 0 Å². The Morgan fingerprint density at radius 2 is 0.600 bits per heavy atom. The van der Waals surface area contributed by atoms with Crippen molar-refractivity contribution in [3.8, 4) is 66.8 Å². The van der Waals surface area contributed by atoms with Crippen molar-refractivity contribution in [2.45, 2.75) is 77.0 Å². The van der Waals surface area contributed by atoms with Gasteiger partial charge in [-0.05, 0) is 306 Å². The number of hydrogen-bond acceptors (Lipinski definition) is 6. The average Bonchev–Trinajstić information content (AvgIpc) is 1.45. The maximum Gasteiger partial charge on any atom is 0.141 e. The van der Waals surface area contributed by atoms with E-state index >= 15 is 0 Å². The van der Waals surface area contributed by atoms with Crippen LogP contribution in [-0.2, 0) is 77.0 Å². The second kappa shape index (κ2) is 21.1. The van der Waals surface area contributed by atoms with Crippen LogP contribution in [0.1, 0.15) is 134 Å². The Kier molecular flexibility index (Phi) is 11.5. The molecule has 15 aromatic rings. The number of benzene rings is 12. The van der Waals surface area contributed by atoms with Crippen LogP contribution in [0.4, 0.5) is 51.3 Å². The van der Waals surface area contributed by atoms with Crippen LogP contribution in [0.3, 0.4) is 0 Å². The number of fused-ring (bicyclic) bond motifs is 32. The zero-order valence-corrected chi connectivity index (χ0v) is 57.9. The molecule has 27 rings (SSSR count). The first kappa shape index (κ1) is 57.1. The lowest BCUT2D eigenvalue weighted by molar-refractivity contribution is 0.970. The molecular formula is C99H66N6. The van der Waals surface area contributed by atoms with Gasteiger partial charge in [-0.1, -0.05) is 158 Å². The molecule has 0 fully saturated rings. The minimum Gasteiger partial charge on any atom is -0.309 e. The molecule has 12 aliphatic rings. The number of nitrogens with zero attached hydrogens (tertiary/aromatic N) is 6. The van der Waals surface area contributed by atoms with Crippen molar-refractivity contribution in [1.82, 2.24) is 15.0 Å². The predicted octanol–water partition coefficient (Wildman–Crippen LogP) is 22.5. The maximum atomic E-state index is 4.87. The molecular weight excluding hydrogens is 1270 g/mol. The Balaban J connectivity index is 0.0000000914. The largest absolute Gasteiger partial charge is 0.309 e. The van der Waals surface area contributed by atoms with E-state index in [1.807, 2.05) is 24.8 Å². The van der Waals surface area contributed by atoms with Gasteiger partial charge in [0.25, 0.3) is 0 Å². The van der Waals surface area contributed by atoms with E-state index in [-0.39, 0.29) is 0 Å². The third kappa shape index (κ3) is 8.06. The third-order valence-electron chi connectivity index (χ3n) is 25.6. The van der Waals surface area contributed by atoms with Gasteiger partial charge in [-0.2, -0.15) is 0 Å². The standard InChI is InChI=1S/3C33H22N2/c1-2-9-27-19(5-1)11-23-16-29-24(15-28(23)27)14-25-18-31-26(17-30(25)29)13-21-7-3-6-20-12-22-8-4-10-34-33(22)35(31)32(20)21;1-2-8-25-19(5-1)15-28-26(25)11-10-20-13-23-18-31-24(16-27(23)32(20)28)14-21-6-3-7-22-17-29-30(9-4-12-34-29)35(31)33(21)22;1-2-7-26-19(4-1)15-29-27(26)9-8-20-12-23-17-31-24(16-28(23)32(20)29)13-21-5-3-6-22-14-25-18-34-11-10-30(25)35(31)33(21)22/h1-10,15-18H,11-14H2;1-12,16,18H,13-15,17H2;1-11,16-18H,12-15H2. The summed E-state index contributed by atoms with van der Waals surface area (Å²) in [7, 11) is 0. The summed E-state index contributed by atoms with van der Waals surface area (Å²) in [4.78, 5) is 21.5. The Morgan fingerprint density at radius 1 is 0.210 bits per heavy atom. The lowest BCUT2D eigenvalue weighted by Gasteiger charge is -2.39. The smallest absolute Gasteiger partial charge is 0.141 e. The summed E-state index contributed by atoms with van der Waals surface area (Å²) in [6.45, 7) is 0. The minimum atomic E-state index is 0.911. The van der Waals surface area contributed by atoms with Crippen molar-refractivity contribution in [2.24, 2.45) is 0 Å². The molecule has 9 heterocycles. The van der Waals surface area contributed by atoms with Crippen LogP contribution in [0, 0.1) is 0 Å². The van der Waals surface area contributed by atoms with Crippen LogP contribution in [0.25, 0.3) is 66.8 Å². The van der Waals surface area contributed by atoms with Gasteiger partial charge in [-0.25, -0.2) is 4.98 Å². The second-order valence-corrected chi connectivity index (χ2v) is 31.2. The summed E-state index contributed by atoms with van der Waals surface area (Å²) in [6, 6.07) is 87.4. The van der Waals surface area contributed by atoms with Gasteiger partial charge in [0.05, 0.1) is 51.2 Å². The van der Waals surface area contributed by atoms with Gasteiger partial charge in [0.15, 0.2) is 0 Å². The highest BCUT2D eigenvalue weighted by molar-refractivity contribution is 5.99. The van der Waals surface area contributed by atoms with Crippen LogP contribution in [-0.4, -0.2) is 15.0 Å². The Morgan fingerprint density at radius 3 is 1.19 bits per heavy atom. The van der Waals surface area contributed by atoms with E-state index in [4.69, 9.17) is 9.97 Å². The summed E-state index contributed by atoms with van der Waals surface area (Å²) >= 11 is 0. The van der Waals surface area contributed by atoms with Gasteiger partial charge in [-0.15, -0.1) is 0 Å². The van der Waals surface area contributed by atoms with Crippen LogP contribution < -0.4 is 14.7 Å². The zero-order chi connectivity index (χ0) is 68.0. The van der Waals surface area contributed by atoms with Crippen molar-refractivity contribution in [3.05, 3.63) is 389 Å². The molecule has 0 spiro atoms. The highest BCUT2D eigenvalue weighted by Gasteiger charge is 2.40. The molecule has 0 N–H and O–H groups in total. The van der Waals surface area contributed by atoms with Crippen LogP contribution >= 0.6 is 0 Å². The molecule has 6 heteroatoms. The van der Waals surface area contributed by atoms with Gasteiger partial charge in [0, 0.05) is 63.3 Å². The van der Waals surface area contributed by atoms with Gasteiger partial charge in [0.1, 0.15) is 5.82 Å².